The van der Waals surface area contributed by atoms with Gasteiger partial charge in [-0.05, 0) is 45.2 Å². The van der Waals surface area contributed by atoms with Crippen molar-refractivity contribution in [2.75, 3.05) is 26.2 Å². The van der Waals surface area contributed by atoms with Crippen molar-refractivity contribution >= 4 is 5.91 Å². The molecule has 0 aromatic carbocycles. The Balaban J connectivity index is 2.79. The minimum absolute atomic E-state index is 0.0785. The second kappa shape index (κ2) is 7.13. The van der Waals surface area contributed by atoms with Crippen molar-refractivity contribution in [3.05, 3.63) is 0 Å². The quantitative estimate of drug-likeness (QED) is 0.790. The number of hydrogen-bond donors (Lipinski definition) is 1. The third kappa shape index (κ3) is 3.71. The van der Waals surface area contributed by atoms with Crippen LogP contribution in [0.1, 0.15) is 53.4 Å². The summed E-state index contributed by atoms with van der Waals surface area (Å²) in [5.41, 5.74) is -0.0785. The maximum atomic E-state index is 12.9. The molecular weight excluding hydrogens is 224 g/mol. The van der Waals surface area contributed by atoms with E-state index in [0.29, 0.717) is 11.8 Å². The summed E-state index contributed by atoms with van der Waals surface area (Å²) in [7, 11) is 0. The summed E-state index contributed by atoms with van der Waals surface area (Å²) >= 11 is 0. The molecule has 1 saturated heterocycles. The van der Waals surface area contributed by atoms with Crippen LogP contribution in [0.25, 0.3) is 0 Å². The molecule has 3 nitrogen and oxygen atoms in total. The number of hydrogen-bond acceptors (Lipinski definition) is 2. The van der Waals surface area contributed by atoms with Crippen LogP contribution >= 0.6 is 0 Å². The molecule has 0 bridgehead atoms. The molecule has 3 heteroatoms. The third-order valence-electron chi connectivity index (χ3n) is 4.00. The minimum atomic E-state index is -0.0785. The van der Waals surface area contributed by atoms with E-state index in [1.165, 1.54) is 0 Å². The number of amides is 1. The number of rotatable bonds is 6. The Kier molecular flexibility index (Phi) is 6.13. The van der Waals surface area contributed by atoms with Crippen molar-refractivity contribution in [3.8, 4) is 0 Å². The zero-order valence-electron chi connectivity index (χ0n) is 12.6. The standard InChI is InChI=1S/C15H30N2O/c1-5-7-15(8-10-16-11-9-15)14(18)17(6-2)12-13(3)4/h13,16H,5-12H2,1-4H3. The molecule has 0 aromatic heterocycles. The molecule has 1 aliphatic heterocycles. The molecular formula is C15H30N2O. The number of nitrogens with one attached hydrogen (secondary N) is 1. The number of carbonyl (C=O) groups excluding carboxylic acids is 1. The van der Waals surface area contributed by atoms with Gasteiger partial charge in [-0.1, -0.05) is 27.2 Å². The number of piperidine rings is 1. The molecule has 0 atom stereocenters. The summed E-state index contributed by atoms with van der Waals surface area (Å²) in [4.78, 5) is 14.9. The lowest BCUT2D eigenvalue weighted by Gasteiger charge is -2.40. The third-order valence-corrected chi connectivity index (χ3v) is 4.00. The van der Waals surface area contributed by atoms with E-state index < -0.39 is 0 Å². The summed E-state index contributed by atoms with van der Waals surface area (Å²) < 4.78 is 0. The average molecular weight is 254 g/mol. The van der Waals surface area contributed by atoms with Gasteiger partial charge in [-0.25, -0.2) is 0 Å². The Bertz CT molecular complexity index is 252. The van der Waals surface area contributed by atoms with Gasteiger partial charge in [-0.2, -0.15) is 0 Å². The van der Waals surface area contributed by atoms with E-state index >= 15 is 0 Å². The van der Waals surface area contributed by atoms with Gasteiger partial charge in [0.1, 0.15) is 0 Å². The Morgan fingerprint density at radius 1 is 1.28 bits per heavy atom. The van der Waals surface area contributed by atoms with Crippen LogP contribution in [0, 0.1) is 11.3 Å². The fourth-order valence-electron chi connectivity index (χ4n) is 3.09. The highest BCUT2D eigenvalue weighted by Crippen LogP contribution is 2.36. The van der Waals surface area contributed by atoms with Gasteiger partial charge >= 0.3 is 0 Å². The first-order valence-corrected chi connectivity index (χ1v) is 7.56. The zero-order valence-corrected chi connectivity index (χ0v) is 12.6. The SMILES string of the molecule is CCCC1(C(=O)N(CC)CC(C)C)CCNCC1. The van der Waals surface area contributed by atoms with E-state index in [-0.39, 0.29) is 5.41 Å². The van der Waals surface area contributed by atoms with Crippen LogP contribution in [0.4, 0.5) is 0 Å². The highest BCUT2D eigenvalue weighted by Gasteiger charge is 2.40. The predicted molar refractivity (Wildman–Crippen MR) is 76.5 cm³/mol. The predicted octanol–water partition coefficient (Wildman–Crippen LogP) is 2.66. The lowest BCUT2D eigenvalue weighted by atomic mass is 9.74. The Morgan fingerprint density at radius 2 is 1.89 bits per heavy atom. The number of nitrogens with zero attached hydrogens (tertiary/aromatic N) is 1. The molecule has 0 radical (unpaired) electrons. The molecule has 0 unspecified atom stereocenters. The number of carbonyl (C=O) groups is 1. The van der Waals surface area contributed by atoms with E-state index in [1.54, 1.807) is 0 Å². The molecule has 1 N–H and O–H groups in total. The molecule has 0 aromatic rings. The van der Waals surface area contributed by atoms with Gasteiger partial charge in [-0.3, -0.25) is 4.79 Å². The topological polar surface area (TPSA) is 32.3 Å². The van der Waals surface area contributed by atoms with Gasteiger partial charge < -0.3 is 10.2 Å². The lowest BCUT2D eigenvalue weighted by molar-refractivity contribution is -0.144. The zero-order chi connectivity index (χ0) is 13.6. The van der Waals surface area contributed by atoms with Crippen LogP contribution in [0.2, 0.25) is 0 Å². The van der Waals surface area contributed by atoms with E-state index in [9.17, 15) is 4.79 Å². The first-order chi connectivity index (χ1) is 8.55. The second-order valence-corrected chi connectivity index (χ2v) is 6.02. The maximum Gasteiger partial charge on any atom is 0.228 e. The summed E-state index contributed by atoms with van der Waals surface area (Å²) in [6.45, 7) is 12.4. The molecule has 1 aliphatic rings. The van der Waals surface area contributed by atoms with Gasteiger partial charge in [0.2, 0.25) is 5.91 Å². The van der Waals surface area contributed by atoms with E-state index in [2.05, 4.69) is 37.9 Å². The lowest BCUT2D eigenvalue weighted by Crippen LogP contribution is -2.50. The van der Waals surface area contributed by atoms with Crippen LogP contribution in [-0.4, -0.2) is 37.0 Å². The van der Waals surface area contributed by atoms with Gasteiger partial charge in [0.05, 0.1) is 5.41 Å². The van der Waals surface area contributed by atoms with E-state index in [0.717, 1.165) is 51.9 Å². The molecule has 1 fully saturated rings. The van der Waals surface area contributed by atoms with Gasteiger partial charge in [0.15, 0.2) is 0 Å². The summed E-state index contributed by atoms with van der Waals surface area (Å²) in [6.07, 6.45) is 4.16. The second-order valence-electron chi connectivity index (χ2n) is 6.02. The molecule has 0 spiro atoms. The molecule has 0 saturated carbocycles. The molecule has 18 heavy (non-hydrogen) atoms. The molecule has 1 heterocycles. The smallest absolute Gasteiger partial charge is 0.228 e. The van der Waals surface area contributed by atoms with E-state index in [1.807, 2.05) is 0 Å². The van der Waals surface area contributed by atoms with Crippen molar-refractivity contribution in [2.45, 2.75) is 53.4 Å². The Labute approximate surface area is 112 Å². The molecule has 1 amide bonds. The molecule has 0 aliphatic carbocycles. The van der Waals surface area contributed by atoms with Crippen LogP contribution in [-0.2, 0) is 4.79 Å². The fourth-order valence-corrected chi connectivity index (χ4v) is 3.09. The van der Waals surface area contributed by atoms with Crippen LogP contribution < -0.4 is 5.32 Å². The van der Waals surface area contributed by atoms with Gasteiger partial charge in [-0.15, -0.1) is 0 Å². The van der Waals surface area contributed by atoms with Crippen LogP contribution in [0.3, 0.4) is 0 Å². The molecule has 1 rings (SSSR count). The summed E-state index contributed by atoms with van der Waals surface area (Å²) in [6, 6.07) is 0. The fraction of sp³-hybridized carbons (Fsp3) is 0.933. The van der Waals surface area contributed by atoms with Crippen molar-refractivity contribution < 1.29 is 4.79 Å². The van der Waals surface area contributed by atoms with Crippen LogP contribution in [0.15, 0.2) is 0 Å². The van der Waals surface area contributed by atoms with Crippen molar-refractivity contribution in [1.29, 1.82) is 0 Å². The van der Waals surface area contributed by atoms with Crippen LogP contribution in [0.5, 0.6) is 0 Å². The van der Waals surface area contributed by atoms with Gasteiger partial charge in [0.25, 0.3) is 0 Å². The largest absolute Gasteiger partial charge is 0.342 e. The average Bonchev–Trinajstić information content (AvgIpc) is 2.36. The summed E-state index contributed by atoms with van der Waals surface area (Å²) in [5.74, 6) is 0.955. The molecule has 106 valence electrons. The van der Waals surface area contributed by atoms with Crippen molar-refractivity contribution in [3.63, 3.8) is 0 Å². The summed E-state index contributed by atoms with van der Waals surface area (Å²) in [5, 5.41) is 3.38. The monoisotopic (exact) mass is 254 g/mol. The highest BCUT2D eigenvalue weighted by atomic mass is 16.2. The highest BCUT2D eigenvalue weighted by molar-refractivity contribution is 5.83. The Hall–Kier alpha value is -0.570. The van der Waals surface area contributed by atoms with E-state index in [4.69, 9.17) is 0 Å². The first-order valence-electron chi connectivity index (χ1n) is 7.56. The van der Waals surface area contributed by atoms with Crippen molar-refractivity contribution in [2.24, 2.45) is 11.3 Å². The first kappa shape index (κ1) is 15.5. The normalized spacial score (nSPS) is 18.9. The Morgan fingerprint density at radius 3 is 2.33 bits per heavy atom. The van der Waals surface area contributed by atoms with Gasteiger partial charge in [0, 0.05) is 13.1 Å². The minimum Gasteiger partial charge on any atom is -0.342 e. The maximum absolute atomic E-state index is 12.9. The van der Waals surface area contributed by atoms with Crippen molar-refractivity contribution in [1.82, 2.24) is 10.2 Å².